The van der Waals surface area contributed by atoms with E-state index in [-0.39, 0.29) is 22.3 Å². The van der Waals surface area contributed by atoms with E-state index in [1.165, 1.54) is 12.1 Å². The summed E-state index contributed by atoms with van der Waals surface area (Å²) in [7, 11) is 0. The molecular formula is C15H11Cl2N3O. The maximum atomic E-state index is 12.1. The summed E-state index contributed by atoms with van der Waals surface area (Å²) in [6.07, 6.45) is 0. The van der Waals surface area contributed by atoms with Crippen molar-refractivity contribution in [3.05, 3.63) is 63.4 Å². The maximum absolute atomic E-state index is 12.1. The quantitative estimate of drug-likeness (QED) is 0.876. The molecule has 1 aromatic carbocycles. The third kappa shape index (κ3) is 3.94. The van der Waals surface area contributed by atoms with Crippen molar-refractivity contribution in [3.63, 3.8) is 0 Å². The molecule has 0 spiro atoms. The molecule has 1 aromatic heterocycles. The van der Waals surface area contributed by atoms with Crippen molar-refractivity contribution in [2.45, 2.75) is 13.0 Å². The Labute approximate surface area is 132 Å². The Morgan fingerprint density at radius 1 is 1.24 bits per heavy atom. The molecule has 0 fully saturated rings. The molecule has 2 rings (SSSR count). The van der Waals surface area contributed by atoms with Crippen molar-refractivity contribution in [3.8, 4) is 6.07 Å². The van der Waals surface area contributed by atoms with Crippen LogP contribution in [0.5, 0.6) is 0 Å². The predicted molar refractivity (Wildman–Crippen MR) is 81.3 cm³/mol. The minimum absolute atomic E-state index is 0.165. The second-order valence-electron chi connectivity index (χ2n) is 4.43. The second-order valence-corrected chi connectivity index (χ2v) is 5.20. The Kier molecular flexibility index (Phi) is 4.79. The summed E-state index contributed by atoms with van der Waals surface area (Å²) in [4.78, 5) is 15.9. The van der Waals surface area contributed by atoms with E-state index in [1.54, 1.807) is 24.3 Å². The number of nitriles is 1. The van der Waals surface area contributed by atoms with E-state index >= 15 is 0 Å². The number of aromatic nitrogens is 1. The molecule has 0 aliphatic carbocycles. The van der Waals surface area contributed by atoms with Gasteiger partial charge in [0.05, 0.1) is 17.7 Å². The third-order valence-corrected chi connectivity index (χ3v) is 3.30. The van der Waals surface area contributed by atoms with Gasteiger partial charge in [0.15, 0.2) is 0 Å². The Morgan fingerprint density at radius 2 is 1.81 bits per heavy atom. The normalized spacial score (nSPS) is 11.5. The van der Waals surface area contributed by atoms with Gasteiger partial charge in [-0.2, -0.15) is 5.26 Å². The van der Waals surface area contributed by atoms with E-state index in [1.807, 2.05) is 13.0 Å². The first kappa shape index (κ1) is 15.3. The number of hydrogen-bond donors (Lipinski definition) is 1. The van der Waals surface area contributed by atoms with Gasteiger partial charge in [-0.05, 0) is 36.8 Å². The summed E-state index contributed by atoms with van der Waals surface area (Å²) in [5.41, 5.74) is 1.82. The van der Waals surface area contributed by atoms with Crippen LogP contribution in [0.2, 0.25) is 10.3 Å². The Morgan fingerprint density at radius 3 is 2.33 bits per heavy atom. The highest BCUT2D eigenvalue weighted by molar-refractivity contribution is 6.33. The van der Waals surface area contributed by atoms with Crippen LogP contribution in [0.25, 0.3) is 0 Å². The van der Waals surface area contributed by atoms with E-state index in [9.17, 15) is 4.79 Å². The fraction of sp³-hybridized carbons (Fsp3) is 0.133. The van der Waals surface area contributed by atoms with E-state index in [2.05, 4.69) is 10.3 Å². The van der Waals surface area contributed by atoms with Gasteiger partial charge in [0.25, 0.3) is 5.91 Å². The van der Waals surface area contributed by atoms with Crippen molar-refractivity contribution in [1.82, 2.24) is 10.3 Å². The molecule has 1 unspecified atom stereocenters. The molecule has 0 aliphatic heterocycles. The van der Waals surface area contributed by atoms with Gasteiger partial charge in [0.2, 0.25) is 0 Å². The first-order valence-corrected chi connectivity index (χ1v) is 6.89. The van der Waals surface area contributed by atoms with Gasteiger partial charge in [-0.3, -0.25) is 4.79 Å². The number of amides is 1. The van der Waals surface area contributed by atoms with Gasteiger partial charge in [-0.1, -0.05) is 35.3 Å². The van der Waals surface area contributed by atoms with Crippen LogP contribution in [0.1, 0.15) is 34.5 Å². The molecule has 2 aromatic rings. The van der Waals surface area contributed by atoms with Gasteiger partial charge in [-0.25, -0.2) is 4.98 Å². The first-order valence-electron chi connectivity index (χ1n) is 6.13. The van der Waals surface area contributed by atoms with Crippen molar-refractivity contribution in [2.24, 2.45) is 0 Å². The molecular weight excluding hydrogens is 309 g/mol. The van der Waals surface area contributed by atoms with Crippen molar-refractivity contribution < 1.29 is 4.79 Å². The number of hydrogen-bond acceptors (Lipinski definition) is 3. The van der Waals surface area contributed by atoms with E-state index < -0.39 is 0 Å². The maximum Gasteiger partial charge on any atom is 0.251 e. The van der Waals surface area contributed by atoms with Gasteiger partial charge in [0.1, 0.15) is 10.3 Å². The van der Waals surface area contributed by atoms with Crippen LogP contribution in [0.15, 0.2) is 36.4 Å². The lowest BCUT2D eigenvalue weighted by atomic mass is 10.1. The smallest absolute Gasteiger partial charge is 0.251 e. The van der Waals surface area contributed by atoms with Gasteiger partial charge < -0.3 is 5.32 Å². The molecule has 4 nitrogen and oxygen atoms in total. The Balaban J connectivity index is 2.12. The zero-order chi connectivity index (χ0) is 15.4. The van der Waals surface area contributed by atoms with Crippen LogP contribution in [0.4, 0.5) is 0 Å². The van der Waals surface area contributed by atoms with Crippen molar-refractivity contribution in [1.29, 1.82) is 5.26 Å². The van der Waals surface area contributed by atoms with Crippen LogP contribution in [0.3, 0.4) is 0 Å². The number of carbonyl (C=O) groups excluding carboxylic acids is 1. The lowest BCUT2D eigenvalue weighted by Gasteiger charge is -2.14. The van der Waals surface area contributed by atoms with Crippen LogP contribution >= 0.6 is 23.2 Å². The average molecular weight is 320 g/mol. The molecule has 0 radical (unpaired) electrons. The fourth-order valence-electron chi connectivity index (χ4n) is 1.81. The Hall–Kier alpha value is -2.09. The van der Waals surface area contributed by atoms with E-state index in [0.29, 0.717) is 11.1 Å². The zero-order valence-electron chi connectivity index (χ0n) is 11.1. The number of nitrogens with zero attached hydrogens (tertiary/aromatic N) is 2. The number of benzene rings is 1. The summed E-state index contributed by atoms with van der Waals surface area (Å²) < 4.78 is 0. The van der Waals surface area contributed by atoms with Crippen LogP contribution in [-0.2, 0) is 0 Å². The number of rotatable bonds is 3. The lowest BCUT2D eigenvalue weighted by Crippen LogP contribution is -2.26. The second kappa shape index (κ2) is 6.57. The van der Waals surface area contributed by atoms with E-state index in [4.69, 9.17) is 28.5 Å². The van der Waals surface area contributed by atoms with Crippen molar-refractivity contribution in [2.75, 3.05) is 0 Å². The first-order chi connectivity index (χ1) is 9.99. The zero-order valence-corrected chi connectivity index (χ0v) is 12.6. The summed E-state index contributed by atoms with van der Waals surface area (Å²) >= 11 is 11.5. The van der Waals surface area contributed by atoms with Gasteiger partial charge in [-0.15, -0.1) is 0 Å². The minimum Gasteiger partial charge on any atom is -0.346 e. The highest BCUT2D eigenvalue weighted by Crippen LogP contribution is 2.17. The average Bonchev–Trinajstić information content (AvgIpc) is 2.46. The molecule has 1 heterocycles. The number of carbonyl (C=O) groups is 1. The van der Waals surface area contributed by atoms with Crippen molar-refractivity contribution >= 4 is 29.1 Å². The number of halogens is 2. The predicted octanol–water partition coefficient (Wildman–Crippen LogP) is 3.75. The topological polar surface area (TPSA) is 65.8 Å². The third-order valence-electron chi connectivity index (χ3n) is 2.91. The fourth-order valence-corrected chi connectivity index (χ4v) is 2.27. The SMILES string of the molecule is CC(NC(=O)c1cc(Cl)nc(Cl)c1)c1ccc(C#N)cc1. The van der Waals surface area contributed by atoms with Gasteiger partial charge >= 0.3 is 0 Å². The van der Waals surface area contributed by atoms with Crippen LogP contribution in [0, 0.1) is 11.3 Å². The number of nitrogens with one attached hydrogen (secondary N) is 1. The van der Waals surface area contributed by atoms with Crippen LogP contribution < -0.4 is 5.32 Å². The summed E-state index contributed by atoms with van der Waals surface area (Å²) in [5, 5.41) is 11.9. The molecule has 0 saturated carbocycles. The lowest BCUT2D eigenvalue weighted by molar-refractivity contribution is 0.0940. The summed E-state index contributed by atoms with van der Waals surface area (Å²) in [5.74, 6) is -0.293. The molecule has 0 saturated heterocycles. The summed E-state index contributed by atoms with van der Waals surface area (Å²) in [6, 6.07) is 11.8. The molecule has 1 N–H and O–H groups in total. The summed E-state index contributed by atoms with van der Waals surface area (Å²) in [6.45, 7) is 1.85. The molecule has 1 atom stereocenters. The molecule has 6 heteroatoms. The van der Waals surface area contributed by atoms with E-state index in [0.717, 1.165) is 5.56 Å². The Bertz CT molecular complexity index is 688. The van der Waals surface area contributed by atoms with Gasteiger partial charge in [0, 0.05) is 5.56 Å². The minimum atomic E-state index is -0.293. The highest BCUT2D eigenvalue weighted by Gasteiger charge is 2.13. The molecule has 1 amide bonds. The molecule has 0 bridgehead atoms. The monoisotopic (exact) mass is 319 g/mol. The van der Waals surface area contributed by atoms with Crippen LogP contribution in [-0.4, -0.2) is 10.9 Å². The standard InChI is InChI=1S/C15H11Cl2N3O/c1-9(11-4-2-10(8-18)3-5-11)19-15(21)12-6-13(16)20-14(17)7-12/h2-7,9H,1H3,(H,19,21). The molecule has 21 heavy (non-hydrogen) atoms. The molecule has 0 aliphatic rings. The number of pyridine rings is 1. The molecule has 106 valence electrons. The largest absolute Gasteiger partial charge is 0.346 e. The highest BCUT2D eigenvalue weighted by atomic mass is 35.5.